The summed E-state index contributed by atoms with van der Waals surface area (Å²) in [4.78, 5) is 24.7. The van der Waals surface area contributed by atoms with E-state index in [2.05, 4.69) is 5.32 Å². The number of ether oxygens (including phenoxy) is 3. The zero-order valence-electron chi connectivity index (χ0n) is 16.3. The van der Waals surface area contributed by atoms with Gasteiger partial charge in [-0.2, -0.15) is 0 Å². The molecule has 2 aromatic carbocycles. The number of aryl methyl sites for hydroxylation is 1. The molecule has 0 aliphatic heterocycles. The monoisotopic (exact) mass is 403 g/mol. The lowest BCUT2D eigenvalue weighted by Gasteiger charge is -2.10. The van der Waals surface area contributed by atoms with Gasteiger partial charge in [0.15, 0.2) is 18.1 Å². The summed E-state index contributed by atoms with van der Waals surface area (Å²) in [5, 5.41) is 2.74. The van der Waals surface area contributed by atoms with Crippen LogP contribution in [0, 0.1) is 6.92 Å². The molecule has 6 nitrogen and oxygen atoms in total. The van der Waals surface area contributed by atoms with Gasteiger partial charge in [0.2, 0.25) is 0 Å². The molecule has 0 spiro atoms. The molecule has 150 valence electrons. The molecule has 0 fully saturated rings. The van der Waals surface area contributed by atoms with Crippen LogP contribution in [0.5, 0.6) is 11.5 Å². The molecule has 0 aliphatic carbocycles. The summed E-state index contributed by atoms with van der Waals surface area (Å²) in [6, 6.07) is 13.4. The Balaban J connectivity index is 1.67. The van der Waals surface area contributed by atoms with Crippen molar-refractivity contribution in [2.24, 2.45) is 0 Å². The summed E-state index contributed by atoms with van der Waals surface area (Å²) in [7, 11) is 3.16. The van der Waals surface area contributed by atoms with Crippen molar-refractivity contribution in [3.63, 3.8) is 0 Å². The first-order valence-corrected chi connectivity index (χ1v) is 9.83. The molecule has 2 rings (SSSR count). The summed E-state index contributed by atoms with van der Waals surface area (Å²) in [6.45, 7) is 2.14. The molecule has 0 atom stereocenters. The maximum Gasteiger partial charge on any atom is 0.316 e. The zero-order valence-corrected chi connectivity index (χ0v) is 17.1. The van der Waals surface area contributed by atoms with Gasteiger partial charge in [0, 0.05) is 11.4 Å². The molecule has 0 saturated heterocycles. The van der Waals surface area contributed by atoms with Crippen LogP contribution in [0.3, 0.4) is 0 Å². The first-order chi connectivity index (χ1) is 13.5. The number of benzene rings is 2. The highest BCUT2D eigenvalue weighted by Gasteiger charge is 2.09. The number of rotatable bonds is 10. The molecule has 0 unspecified atom stereocenters. The Kier molecular flexibility index (Phi) is 8.68. The Bertz CT molecular complexity index is 809. The van der Waals surface area contributed by atoms with Crippen LogP contribution in [-0.4, -0.2) is 45.0 Å². The van der Waals surface area contributed by atoms with E-state index in [1.807, 2.05) is 49.4 Å². The second-order valence-corrected chi connectivity index (χ2v) is 7.02. The lowest BCUT2D eigenvalue weighted by atomic mass is 10.1. The fraction of sp³-hybridized carbons (Fsp3) is 0.333. The molecule has 0 bridgehead atoms. The Hall–Kier alpha value is -2.67. The number of amides is 1. The van der Waals surface area contributed by atoms with E-state index < -0.39 is 5.97 Å². The van der Waals surface area contributed by atoms with Crippen molar-refractivity contribution < 1.29 is 23.8 Å². The van der Waals surface area contributed by atoms with Gasteiger partial charge in [-0.1, -0.05) is 24.3 Å². The van der Waals surface area contributed by atoms with Crippen LogP contribution in [0.1, 0.15) is 11.1 Å². The van der Waals surface area contributed by atoms with Crippen LogP contribution in [0.25, 0.3) is 0 Å². The normalized spacial score (nSPS) is 10.2. The number of carbonyl (C=O) groups is 2. The van der Waals surface area contributed by atoms with Gasteiger partial charge >= 0.3 is 5.97 Å². The van der Waals surface area contributed by atoms with Crippen LogP contribution in [0.4, 0.5) is 0 Å². The van der Waals surface area contributed by atoms with Gasteiger partial charge in [-0.25, -0.2) is 0 Å². The lowest BCUT2D eigenvalue weighted by molar-refractivity contribution is -0.145. The average molecular weight is 404 g/mol. The van der Waals surface area contributed by atoms with Crippen molar-refractivity contribution in [3.8, 4) is 11.5 Å². The minimum absolute atomic E-state index is 0.170. The summed E-state index contributed by atoms with van der Waals surface area (Å²) in [6.07, 6.45) is 0.628. The molecule has 2 aromatic rings. The van der Waals surface area contributed by atoms with E-state index in [1.165, 1.54) is 11.8 Å². The third kappa shape index (κ3) is 6.81. The van der Waals surface area contributed by atoms with E-state index in [-0.39, 0.29) is 18.3 Å². The number of thioether (sulfide) groups is 1. The Morgan fingerprint density at radius 3 is 2.50 bits per heavy atom. The smallest absolute Gasteiger partial charge is 0.316 e. The molecule has 7 heteroatoms. The Labute approximate surface area is 169 Å². The van der Waals surface area contributed by atoms with E-state index >= 15 is 0 Å². The molecule has 0 radical (unpaired) electrons. The van der Waals surface area contributed by atoms with Gasteiger partial charge in [0.1, 0.15) is 0 Å². The van der Waals surface area contributed by atoms with E-state index in [4.69, 9.17) is 14.2 Å². The first-order valence-electron chi connectivity index (χ1n) is 8.85. The van der Waals surface area contributed by atoms with Crippen molar-refractivity contribution in [3.05, 3.63) is 53.6 Å². The molecular weight excluding hydrogens is 378 g/mol. The fourth-order valence-corrected chi connectivity index (χ4v) is 3.30. The van der Waals surface area contributed by atoms with Crippen molar-refractivity contribution in [1.82, 2.24) is 5.32 Å². The molecule has 1 amide bonds. The Morgan fingerprint density at radius 2 is 1.79 bits per heavy atom. The molecule has 0 heterocycles. The van der Waals surface area contributed by atoms with Gasteiger partial charge in [0.05, 0.1) is 20.0 Å². The lowest BCUT2D eigenvalue weighted by Crippen LogP contribution is -2.30. The molecule has 0 aliphatic rings. The highest BCUT2D eigenvalue weighted by atomic mass is 32.2. The van der Waals surface area contributed by atoms with Gasteiger partial charge in [0.25, 0.3) is 5.91 Å². The predicted octanol–water partition coefficient (Wildman–Crippen LogP) is 3.01. The largest absolute Gasteiger partial charge is 0.493 e. The quantitative estimate of drug-likeness (QED) is 0.486. The number of methoxy groups -OCH3 is 2. The van der Waals surface area contributed by atoms with E-state index in [9.17, 15) is 9.59 Å². The summed E-state index contributed by atoms with van der Waals surface area (Å²) in [5.41, 5.74) is 2.11. The zero-order chi connectivity index (χ0) is 20.4. The van der Waals surface area contributed by atoms with Crippen LogP contribution in [-0.2, 0) is 20.7 Å². The molecule has 0 aromatic heterocycles. The van der Waals surface area contributed by atoms with Crippen LogP contribution in [0.15, 0.2) is 47.4 Å². The number of carbonyl (C=O) groups excluding carboxylic acids is 2. The molecular formula is C21H25NO5S. The number of nitrogens with one attached hydrogen (secondary N) is 1. The second-order valence-electron chi connectivity index (χ2n) is 6.00. The third-order valence-corrected chi connectivity index (χ3v) is 5.14. The maximum atomic E-state index is 11.8. The van der Waals surface area contributed by atoms with Crippen molar-refractivity contribution in [1.29, 1.82) is 0 Å². The maximum absolute atomic E-state index is 11.8. The van der Waals surface area contributed by atoms with Gasteiger partial charge in [-0.15, -0.1) is 11.8 Å². The molecule has 0 saturated carbocycles. The predicted molar refractivity (Wildman–Crippen MR) is 109 cm³/mol. The van der Waals surface area contributed by atoms with Gasteiger partial charge in [-0.05, 0) is 42.7 Å². The molecule has 1 N–H and O–H groups in total. The number of esters is 1. The first kappa shape index (κ1) is 21.6. The summed E-state index contributed by atoms with van der Waals surface area (Å²) in [5.74, 6) is 0.735. The van der Waals surface area contributed by atoms with Gasteiger partial charge < -0.3 is 19.5 Å². The van der Waals surface area contributed by atoms with E-state index in [0.717, 1.165) is 16.0 Å². The average Bonchev–Trinajstić information content (AvgIpc) is 2.71. The van der Waals surface area contributed by atoms with E-state index in [0.29, 0.717) is 24.5 Å². The van der Waals surface area contributed by atoms with Crippen LogP contribution >= 0.6 is 11.8 Å². The highest BCUT2D eigenvalue weighted by molar-refractivity contribution is 8.00. The minimum atomic E-state index is -0.414. The van der Waals surface area contributed by atoms with Crippen LogP contribution in [0.2, 0.25) is 0 Å². The second kappa shape index (κ2) is 11.2. The summed E-state index contributed by atoms with van der Waals surface area (Å²) < 4.78 is 15.5. The number of hydrogen-bond acceptors (Lipinski definition) is 6. The standard InChI is InChI=1S/C21H25NO5S/c1-15-6-4-5-7-19(15)28-14-21(24)27-13-20(23)22-11-10-16-8-9-17(25-2)18(12-16)26-3/h4-9,12H,10-11,13-14H2,1-3H3,(H,22,23). The van der Waals surface area contributed by atoms with E-state index in [1.54, 1.807) is 14.2 Å². The summed E-state index contributed by atoms with van der Waals surface area (Å²) >= 11 is 1.40. The number of hydrogen-bond donors (Lipinski definition) is 1. The highest BCUT2D eigenvalue weighted by Crippen LogP contribution is 2.27. The molecule has 28 heavy (non-hydrogen) atoms. The van der Waals surface area contributed by atoms with Crippen LogP contribution < -0.4 is 14.8 Å². The Morgan fingerprint density at radius 1 is 1.04 bits per heavy atom. The fourth-order valence-electron chi connectivity index (χ4n) is 2.48. The minimum Gasteiger partial charge on any atom is -0.493 e. The van der Waals surface area contributed by atoms with Crippen molar-refractivity contribution in [2.45, 2.75) is 18.2 Å². The van der Waals surface area contributed by atoms with Crippen molar-refractivity contribution >= 4 is 23.6 Å². The SMILES string of the molecule is COc1ccc(CCNC(=O)COC(=O)CSc2ccccc2C)cc1OC. The topological polar surface area (TPSA) is 73.9 Å². The van der Waals surface area contributed by atoms with Gasteiger partial charge in [-0.3, -0.25) is 9.59 Å². The van der Waals surface area contributed by atoms with Crippen molar-refractivity contribution in [2.75, 3.05) is 33.1 Å². The third-order valence-electron chi connectivity index (χ3n) is 3.99.